The third kappa shape index (κ3) is 2.35. The molecule has 1 amide bonds. The van der Waals surface area contributed by atoms with Gasteiger partial charge < -0.3 is 15.5 Å². The molecule has 2 aliphatic carbocycles. The summed E-state index contributed by atoms with van der Waals surface area (Å²) in [5.41, 5.74) is 3.50. The van der Waals surface area contributed by atoms with Crippen LogP contribution in [0.2, 0.25) is 0 Å². The molecule has 0 spiro atoms. The molecule has 1 aromatic heterocycles. The zero-order valence-electron chi connectivity index (χ0n) is 14.5. The average molecular weight is 358 g/mol. The maximum Gasteiger partial charge on any atom is 0.255 e. The summed E-state index contributed by atoms with van der Waals surface area (Å²) in [7, 11) is 0. The Kier molecular flexibility index (Phi) is 3.37. The Balaban J connectivity index is 1.44. The molecule has 0 unspecified atom stereocenters. The van der Waals surface area contributed by atoms with Crippen molar-refractivity contribution in [3.05, 3.63) is 83.4 Å². The summed E-state index contributed by atoms with van der Waals surface area (Å²) in [4.78, 5) is 12.4. The van der Waals surface area contributed by atoms with Crippen molar-refractivity contribution in [3.8, 4) is 17.4 Å². The first-order chi connectivity index (χ1) is 13.1. The molecule has 2 bridgehead atoms. The molecule has 0 saturated heterocycles. The lowest BCUT2D eigenvalue weighted by atomic mass is 10.0. The van der Waals surface area contributed by atoms with E-state index < -0.39 is 0 Å². The number of rotatable bonds is 3. The van der Waals surface area contributed by atoms with Crippen molar-refractivity contribution in [1.29, 1.82) is 0 Å². The summed E-state index contributed by atoms with van der Waals surface area (Å²) in [5, 5.41) is 24.2. The van der Waals surface area contributed by atoms with Crippen LogP contribution in [0.25, 0.3) is 5.69 Å². The Morgan fingerprint density at radius 2 is 1.48 bits per heavy atom. The van der Waals surface area contributed by atoms with E-state index in [-0.39, 0.29) is 29.5 Å². The van der Waals surface area contributed by atoms with Crippen LogP contribution in [0.15, 0.2) is 66.7 Å². The molecule has 0 radical (unpaired) electrons. The lowest BCUT2D eigenvalue weighted by molar-refractivity contribution is 0.102. The summed E-state index contributed by atoms with van der Waals surface area (Å²) in [5.74, 6) is 0.307. The lowest BCUT2D eigenvalue weighted by Gasteiger charge is -2.11. The van der Waals surface area contributed by atoms with E-state index in [0.717, 1.165) is 23.2 Å². The van der Waals surface area contributed by atoms with Gasteiger partial charge in [0.15, 0.2) is 0 Å². The van der Waals surface area contributed by atoms with E-state index >= 15 is 0 Å². The van der Waals surface area contributed by atoms with Gasteiger partial charge >= 0.3 is 0 Å². The molecule has 3 aromatic rings. The van der Waals surface area contributed by atoms with Crippen LogP contribution in [0.1, 0.15) is 39.7 Å². The number of para-hydroxylation sites is 1. The van der Waals surface area contributed by atoms with Crippen molar-refractivity contribution in [2.24, 2.45) is 0 Å². The number of carbonyl (C=O) groups is 1. The highest BCUT2D eigenvalue weighted by atomic mass is 16.3. The van der Waals surface area contributed by atoms with Gasteiger partial charge in [-0.1, -0.05) is 30.4 Å². The average Bonchev–Trinajstić information content (AvgIpc) is 3.37. The number of nitrogens with zero attached hydrogens (tertiary/aromatic N) is 1. The number of anilines is 1. The smallest absolute Gasteiger partial charge is 0.255 e. The summed E-state index contributed by atoms with van der Waals surface area (Å²) >= 11 is 0. The summed E-state index contributed by atoms with van der Waals surface area (Å²) < 4.78 is 1.45. The largest absolute Gasteiger partial charge is 0.494 e. The third-order valence-corrected chi connectivity index (χ3v) is 5.44. The quantitative estimate of drug-likeness (QED) is 0.612. The summed E-state index contributed by atoms with van der Waals surface area (Å²) in [6.07, 6.45) is 5.10. The summed E-state index contributed by atoms with van der Waals surface area (Å²) in [6.45, 7) is 0. The summed E-state index contributed by atoms with van der Waals surface area (Å²) in [6, 6.07) is 16.1. The molecule has 5 rings (SSSR count). The second kappa shape index (κ2) is 5.77. The van der Waals surface area contributed by atoms with Crippen LogP contribution >= 0.6 is 0 Å². The number of hydrogen-bond acceptors (Lipinski definition) is 3. The van der Waals surface area contributed by atoms with Crippen molar-refractivity contribution in [2.75, 3.05) is 5.32 Å². The normalized spacial score (nSPS) is 19.3. The lowest BCUT2D eigenvalue weighted by Crippen LogP contribution is -2.11. The number of aromatic nitrogens is 1. The highest BCUT2D eigenvalue weighted by Gasteiger charge is 2.41. The van der Waals surface area contributed by atoms with Gasteiger partial charge in [-0.15, -0.1) is 0 Å². The molecule has 0 saturated carbocycles. The minimum absolute atomic E-state index is 0.0841. The van der Waals surface area contributed by atoms with E-state index in [1.54, 1.807) is 24.3 Å². The van der Waals surface area contributed by atoms with Crippen molar-refractivity contribution in [3.63, 3.8) is 0 Å². The van der Waals surface area contributed by atoms with E-state index in [2.05, 4.69) is 17.5 Å². The molecule has 2 atom stereocenters. The highest BCUT2D eigenvalue weighted by molar-refractivity contribution is 6.04. The Hall–Kier alpha value is -3.47. The molecule has 134 valence electrons. The molecule has 5 nitrogen and oxygen atoms in total. The van der Waals surface area contributed by atoms with Crippen LogP contribution in [0.5, 0.6) is 11.8 Å². The Morgan fingerprint density at radius 3 is 2.07 bits per heavy atom. The number of aromatic hydroxyl groups is 2. The van der Waals surface area contributed by atoms with E-state index in [9.17, 15) is 15.0 Å². The van der Waals surface area contributed by atoms with Gasteiger partial charge in [0.2, 0.25) is 11.8 Å². The second-order valence-corrected chi connectivity index (χ2v) is 7.01. The molecule has 0 fully saturated rings. The fourth-order valence-electron chi connectivity index (χ4n) is 4.17. The molecule has 2 aliphatic rings. The number of nitrogens with one attached hydrogen (secondary N) is 1. The van der Waals surface area contributed by atoms with Crippen LogP contribution in [-0.2, 0) is 0 Å². The van der Waals surface area contributed by atoms with Crippen LogP contribution in [0, 0.1) is 0 Å². The monoisotopic (exact) mass is 358 g/mol. The van der Waals surface area contributed by atoms with Gasteiger partial charge in [0.05, 0.1) is 5.69 Å². The topological polar surface area (TPSA) is 74.5 Å². The Labute approximate surface area is 156 Å². The molecule has 2 aromatic carbocycles. The highest BCUT2D eigenvalue weighted by Crippen LogP contribution is 2.57. The standard InChI is InChI=1S/C22H18N2O3/c25-20(23-16-4-2-1-3-5-16)13-8-10-17(11-9-13)24-21(26)18-14-6-7-15(12-14)19(18)22(24)27/h1-11,14-15,26-27H,12H2,(H,23,25)/t14-,15-/m0/s1. The van der Waals surface area contributed by atoms with Gasteiger partial charge in [-0.3, -0.25) is 9.36 Å². The molecular weight excluding hydrogens is 340 g/mol. The fraction of sp³-hybridized carbons (Fsp3) is 0.136. The van der Waals surface area contributed by atoms with Crippen LogP contribution in [0.4, 0.5) is 5.69 Å². The van der Waals surface area contributed by atoms with Gasteiger partial charge in [-0.2, -0.15) is 0 Å². The van der Waals surface area contributed by atoms with Crippen LogP contribution < -0.4 is 5.32 Å². The molecular formula is C22H18N2O3. The molecule has 0 aliphatic heterocycles. The Morgan fingerprint density at radius 1 is 0.889 bits per heavy atom. The zero-order valence-corrected chi connectivity index (χ0v) is 14.5. The van der Waals surface area contributed by atoms with Crippen LogP contribution in [0.3, 0.4) is 0 Å². The van der Waals surface area contributed by atoms with E-state index in [1.165, 1.54) is 4.57 Å². The number of allylic oxidation sites excluding steroid dienone is 2. The van der Waals surface area contributed by atoms with Crippen LogP contribution in [-0.4, -0.2) is 20.7 Å². The van der Waals surface area contributed by atoms with E-state index in [4.69, 9.17) is 0 Å². The maximum absolute atomic E-state index is 12.4. The van der Waals surface area contributed by atoms with Gasteiger partial charge in [-0.25, -0.2) is 0 Å². The molecule has 5 heteroatoms. The van der Waals surface area contributed by atoms with E-state index in [0.29, 0.717) is 11.3 Å². The third-order valence-electron chi connectivity index (χ3n) is 5.44. The number of amides is 1. The second-order valence-electron chi connectivity index (χ2n) is 7.01. The number of fused-ring (bicyclic) bond motifs is 5. The maximum atomic E-state index is 12.4. The zero-order chi connectivity index (χ0) is 18.5. The van der Waals surface area contributed by atoms with Gasteiger partial charge in [0.1, 0.15) is 0 Å². The first-order valence-corrected chi connectivity index (χ1v) is 8.95. The first kappa shape index (κ1) is 15.8. The number of benzene rings is 2. The number of hydrogen-bond donors (Lipinski definition) is 3. The Bertz CT molecular complexity index is 1030. The minimum atomic E-state index is -0.210. The number of carbonyl (C=O) groups excluding carboxylic acids is 1. The van der Waals surface area contributed by atoms with E-state index in [1.807, 2.05) is 30.3 Å². The van der Waals surface area contributed by atoms with Gasteiger partial charge in [0.25, 0.3) is 5.91 Å². The fourth-order valence-corrected chi connectivity index (χ4v) is 4.17. The SMILES string of the molecule is O=C(Nc1ccccc1)c1ccc(-n2c(O)c3c(c2O)[C@H]2C=C[C@H]3C2)cc1. The van der Waals surface area contributed by atoms with Gasteiger partial charge in [-0.05, 0) is 42.8 Å². The minimum Gasteiger partial charge on any atom is -0.494 e. The van der Waals surface area contributed by atoms with Crippen molar-refractivity contribution in [1.82, 2.24) is 4.57 Å². The molecule has 1 heterocycles. The predicted molar refractivity (Wildman–Crippen MR) is 103 cm³/mol. The molecule has 3 N–H and O–H groups in total. The van der Waals surface area contributed by atoms with Crippen molar-refractivity contribution < 1.29 is 15.0 Å². The van der Waals surface area contributed by atoms with Crippen molar-refractivity contribution >= 4 is 11.6 Å². The predicted octanol–water partition coefficient (Wildman–Crippen LogP) is 4.28. The molecule has 27 heavy (non-hydrogen) atoms. The van der Waals surface area contributed by atoms with Gasteiger partial charge in [0, 0.05) is 34.2 Å². The first-order valence-electron chi connectivity index (χ1n) is 8.95. The van der Waals surface area contributed by atoms with Crippen molar-refractivity contribution in [2.45, 2.75) is 18.3 Å².